The molecule has 0 saturated carbocycles. The van der Waals surface area contributed by atoms with Crippen LogP contribution in [0.3, 0.4) is 0 Å². The van der Waals surface area contributed by atoms with E-state index in [1.165, 1.54) is 5.56 Å². The molecule has 1 N–H and O–H groups in total. The second kappa shape index (κ2) is 9.30. The Morgan fingerprint density at radius 1 is 0.968 bits per heavy atom. The molecule has 0 aliphatic heterocycles. The first kappa shape index (κ1) is 20.4. The van der Waals surface area contributed by atoms with Crippen LogP contribution in [-0.2, 0) is 19.9 Å². The van der Waals surface area contributed by atoms with Gasteiger partial charge in [0.15, 0.2) is 0 Å². The Morgan fingerprint density at radius 3 is 2.32 bits per heavy atom. The fourth-order valence-electron chi connectivity index (χ4n) is 3.12. The third-order valence-electron chi connectivity index (χ3n) is 4.81. The number of nitrogens with zero attached hydrogens (tertiary/aromatic N) is 3. The van der Waals surface area contributed by atoms with Crippen molar-refractivity contribution < 1.29 is 9.47 Å². The monoisotopic (exact) mass is 416 g/mol. The summed E-state index contributed by atoms with van der Waals surface area (Å²) in [6.45, 7) is 2.45. The van der Waals surface area contributed by atoms with Gasteiger partial charge < -0.3 is 9.47 Å². The van der Waals surface area contributed by atoms with Gasteiger partial charge in [0, 0.05) is 37.8 Å². The lowest BCUT2D eigenvalue weighted by molar-refractivity contribution is 0.295. The molecule has 0 unspecified atom stereocenters. The highest BCUT2D eigenvalue weighted by Crippen LogP contribution is 2.22. The molecule has 0 fully saturated rings. The number of benzene rings is 2. The molecule has 0 amide bonds. The van der Waals surface area contributed by atoms with E-state index in [0.717, 1.165) is 22.6 Å². The number of aromatic nitrogens is 4. The Hall–Kier alpha value is -3.87. The molecule has 0 atom stereocenters. The summed E-state index contributed by atoms with van der Waals surface area (Å²) in [4.78, 5) is 19.2. The molecule has 0 radical (unpaired) electrons. The molecular formula is C24H24N4O3. The van der Waals surface area contributed by atoms with Crippen molar-refractivity contribution in [3.63, 3.8) is 0 Å². The minimum absolute atomic E-state index is 0.202. The number of rotatable bonds is 8. The lowest BCUT2D eigenvalue weighted by atomic mass is 10.1. The Kier molecular flexibility index (Phi) is 6.12. The van der Waals surface area contributed by atoms with Crippen molar-refractivity contribution in [2.24, 2.45) is 7.05 Å². The average molecular weight is 416 g/mol. The summed E-state index contributed by atoms with van der Waals surface area (Å²) >= 11 is 0. The summed E-state index contributed by atoms with van der Waals surface area (Å²) in [5, 5.41) is 4.11. The maximum Gasteiger partial charge on any atom is 0.296 e. The minimum Gasteiger partial charge on any atom is -0.464 e. The van der Waals surface area contributed by atoms with Gasteiger partial charge in [-0.2, -0.15) is 5.10 Å². The van der Waals surface area contributed by atoms with E-state index in [0.29, 0.717) is 25.0 Å². The van der Waals surface area contributed by atoms with E-state index in [2.05, 4.69) is 15.1 Å². The summed E-state index contributed by atoms with van der Waals surface area (Å²) in [5.74, 6) is 1.59. The molecule has 7 nitrogen and oxygen atoms in total. The zero-order chi connectivity index (χ0) is 21.6. The zero-order valence-corrected chi connectivity index (χ0v) is 17.5. The van der Waals surface area contributed by atoms with Crippen LogP contribution in [0.25, 0.3) is 0 Å². The molecule has 4 rings (SSSR count). The maximum absolute atomic E-state index is 12.3. The van der Waals surface area contributed by atoms with Crippen LogP contribution in [-0.4, -0.2) is 26.4 Å². The molecule has 0 saturated heterocycles. The number of aryl methyl sites for hydroxylation is 2. The lowest BCUT2D eigenvalue weighted by Gasteiger charge is -2.08. The van der Waals surface area contributed by atoms with Crippen molar-refractivity contribution in [1.29, 1.82) is 0 Å². The number of hydrogen-bond donors (Lipinski definition) is 1. The highest BCUT2D eigenvalue weighted by molar-refractivity contribution is 5.34. The van der Waals surface area contributed by atoms with Crippen molar-refractivity contribution in [3.05, 3.63) is 99.7 Å². The van der Waals surface area contributed by atoms with Crippen molar-refractivity contribution >= 4 is 0 Å². The van der Waals surface area contributed by atoms with E-state index in [-0.39, 0.29) is 11.6 Å². The number of nitrogens with one attached hydrogen (secondary N) is 1. The van der Waals surface area contributed by atoms with Crippen molar-refractivity contribution in [2.75, 3.05) is 6.61 Å². The highest BCUT2D eigenvalue weighted by atomic mass is 16.5. The fourth-order valence-corrected chi connectivity index (χ4v) is 3.12. The maximum atomic E-state index is 12.3. The van der Waals surface area contributed by atoms with Crippen LogP contribution in [0.1, 0.15) is 22.3 Å². The number of ether oxygens (including phenoxy) is 2. The summed E-state index contributed by atoms with van der Waals surface area (Å²) < 4.78 is 13.2. The molecule has 2 aromatic carbocycles. The van der Waals surface area contributed by atoms with Gasteiger partial charge in [0.1, 0.15) is 11.5 Å². The molecule has 0 aliphatic carbocycles. The predicted molar refractivity (Wildman–Crippen MR) is 118 cm³/mol. The second-order valence-corrected chi connectivity index (χ2v) is 7.40. The summed E-state index contributed by atoms with van der Waals surface area (Å²) in [6.07, 6.45) is 6.33. The smallest absolute Gasteiger partial charge is 0.296 e. The van der Waals surface area contributed by atoms with Gasteiger partial charge in [0.2, 0.25) is 0 Å². The van der Waals surface area contributed by atoms with E-state index in [1.807, 2.05) is 68.7 Å². The summed E-state index contributed by atoms with van der Waals surface area (Å²) in [5.41, 5.74) is 3.63. The summed E-state index contributed by atoms with van der Waals surface area (Å²) in [7, 11) is 1.84. The molecule has 2 aromatic heterocycles. The SMILES string of the molecule is Cc1ccc(Oc2ccc(CCOc3ncc(Cc4cnn(C)c4)c(=O)[nH]3)cc2)cc1. The minimum atomic E-state index is -0.202. The van der Waals surface area contributed by atoms with Gasteiger partial charge in [-0.15, -0.1) is 0 Å². The number of aromatic amines is 1. The first-order chi connectivity index (χ1) is 15.0. The van der Waals surface area contributed by atoms with Gasteiger partial charge in [0.05, 0.1) is 12.8 Å². The van der Waals surface area contributed by atoms with Crippen LogP contribution in [0.15, 0.2) is 71.9 Å². The second-order valence-electron chi connectivity index (χ2n) is 7.40. The fraction of sp³-hybridized carbons (Fsp3) is 0.208. The van der Waals surface area contributed by atoms with Gasteiger partial charge in [0.25, 0.3) is 11.6 Å². The Morgan fingerprint density at radius 2 is 1.68 bits per heavy atom. The van der Waals surface area contributed by atoms with Crippen LogP contribution in [0.4, 0.5) is 0 Å². The van der Waals surface area contributed by atoms with Crippen LogP contribution >= 0.6 is 0 Å². The molecule has 2 heterocycles. The van der Waals surface area contributed by atoms with Gasteiger partial charge in [-0.25, -0.2) is 4.98 Å². The van der Waals surface area contributed by atoms with Crippen LogP contribution in [0.2, 0.25) is 0 Å². The van der Waals surface area contributed by atoms with E-state index in [9.17, 15) is 4.79 Å². The van der Waals surface area contributed by atoms with Crippen LogP contribution in [0.5, 0.6) is 17.5 Å². The zero-order valence-electron chi connectivity index (χ0n) is 17.5. The quantitative estimate of drug-likeness (QED) is 0.472. The van der Waals surface area contributed by atoms with Gasteiger partial charge >= 0.3 is 0 Å². The third kappa shape index (κ3) is 5.60. The Bertz CT molecular complexity index is 1190. The van der Waals surface area contributed by atoms with Gasteiger partial charge in [-0.1, -0.05) is 29.8 Å². The summed E-state index contributed by atoms with van der Waals surface area (Å²) in [6, 6.07) is 16.0. The molecule has 31 heavy (non-hydrogen) atoms. The van der Waals surface area contributed by atoms with Crippen molar-refractivity contribution in [3.8, 4) is 17.5 Å². The average Bonchev–Trinajstić information content (AvgIpc) is 3.17. The van der Waals surface area contributed by atoms with Crippen LogP contribution < -0.4 is 15.0 Å². The van der Waals surface area contributed by atoms with Gasteiger partial charge in [-0.05, 0) is 42.3 Å². The van der Waals surface area contributed by atoms with Crippen molar-refractivity contribution in [2.45, 2.75) is 19.8 Å². The first-order valence-corrected chi connectivity index (χ1v) is 10.1. The molecule has 4 aromatic rings. The van der Waals surface area contributed by atoms with Crippen molar-refractivity contribution in [1.82, 2.24) is 19.7 Å². The van der Waals surface area contributed by atoms with Gasteiger partial charge in [-0.3, -0.25) is 14.5 Å². The molecular weight excluding hydrogens is 392 g/mol. The van der Waals surface area contributed by atoms with E-state index in [1.54, 1.807) is 17.1 Å². The highest BCUT2D eigenvalue weighted by Gasteiger charge is 2.07. The van der Waals surface area contributed by atoms with E-state index >= 15 is 0 Å². The number of H-pyrrole nitrogens is 1. The number of hydrogen-bond acceptors (Lipinski definition) is 5. The van der Waals surface area contributed by atoms with E-state index < -0.39 is 0 Å². The van der Waals surface area contributed by atoms with E-state index in [4.69, 9.17) is 9.47 Å². The van der Waals surface area contributed by atoms with Crippen LogP contribution in [0, 0.1) is 6.92 Å². The lowest BCUT2D eigenvalue weighted by Crippen LogP contribution is -2.16. The first-order valence-electron chi connectivity index (χ1n) is 10.1. The molecule has 7 heteroatoms. The predicted octanol–water partition coefficient (Wildman–Crippen LogP) is 3.82. The third-order valence-corrected chi connectivity index (χ3v) is 4.81. The molecule has 0 bridgehead atoms. The largest absolute Gasteiger partial charge is 0.464 e. The molecule has 0 spiro atoms. The topological polar surface area (TPSA) is 82.0 Å². The standard InChI is InChI=1S/C24H24N4O3/c1-17-3-7-21(8-4-17)31-22-9-5-18(6-10-22)11-12-30-24-25-15-20(23(29)27-24)13-19-14-26-28(2)16-19/h3-10,14-16H,11-13H2,1-2H3,(H,25,27,29). The Labute approximate surface area is 180 Å². The molecule has 0 aliphatic rings. The Balaban J connectivity index is 1.28. The normalized spacial score (nSPS) is 10.8. The molecule has 158 valence electrons.